The number of carbonyl (C=O) groups is 3. The number of amides is 2. The number of rotatable bonds is 10. The fraction of sp³-hybridized carbons (Fsp3) is 0.474. The predicted octanol–water partition coefficient (Wildman–Crippen LogP) is 2.00. The number of hydrogen-bond donors (Lipinski definition) is 3. The number of anilines is 1. The van der Waals surface area contributed by atoms with Gasteiger partial charge in [-0.05, 0) is 43.8 Å². The molecule has 8 nitrogen and oxygen atoms in total. The summed E-state index contributed by atoms with van der Waals surface area (Å²) in [6, 6.07) is 6.86. The largest absolute Gasteiger partial charge is 0.463 e. The van der Waals surface area contributed by atoms with Crippen LogP contribution in [0.3, 0.4) is 0 Å². The minimum Gasteiger partial charge on any atom is -0.463 e. The first-order chi connectivity index (χ1) is 13.3. The molecule has 154 valence electrons. The SMILES string of the molecule is CCC(C)NC(=O)c1cccc(NC(=S)NC(=O)CCC(=O)OCCOC)c1. The Morgan fingerprint density at radius 1 is 1.18 bits per heavy atom. The highest BCUT2D eigenvalue weighted by atomic mass is 32.1. The molecule has 1 aromatic carbocycles. The van der Waals surface area contributed by atoms with Gasteiger partial charge in [0.25, 0.3) is 5.91 Å². The second-order valence-electron chi connectivity index (χ2n) is 6.08. The van der Waals surface area contributed by atoms with Crippen molar-refractivity contribution >= 4 is 40.8 Å². The summed E-state index contributed by atoms with van der Waals surface area (Å²) in [6.45, 7) is 4.37. The van der Waals surface area contributed by atoms with Crippen molar-refractivity contribution in [2.24, 2.45) is 0 Å². The van der Waals surface area contributed by atoms with Crippen LogP contribution in [0.1, 0.15) is 43.5 Å². The molecule has 0 bridgehead atoms. The monoisotopic (exact) mass is 409 g/mol. The summed E-state index contributed by atoms with van der Waals surface area (Å²) in [5.41, 5.74) is 1.05. The molecule has 28 heavy (non-hydrogen) atoms. The van der Waals surface area contributed by atoms with E-state index in [4.69, 9.17) is 21.7 Å². The van der Waals surface area contributed by atoms with E-state index in [9.17, 15) is 14.4 Å². The van der Waals surface area contributed by atoms with Crippen molar-refractivity contribution in [3.05, 3.63) is 29.8 Å². The number of ether oxygens (including phenoxy) is 2. The Hall–Kier alpha value is -2.52. The molecule has 0 saturated heterocycles. The van der Waals surface area contributed by atoms with Crippen molar-refractivity contribution in [3.8, 4) is 0 Å². The fourth-order valence-corrected chi connectivity index (χ4v) is 2.26. The van der Waals surface area contributed by atoms with Gasteiger partial charge in [-0.1, -0.05) is 13.0 Å². The topological polar surface area (TPSA) is 106 Å². The van der Waals surface area contributed by atoms with Gasteiger partial charge in [0.1, 0.15) is 6.61 Å². The summed E-state index contributed by atoms with van der Waals surface area (Å²) < 4.78 is 9.64. The molecule has 0 fully saturated rings. The molecule has 2 amide bonds. The summed E-state index contributed by atoms with van der Waals surface area (Å²) in [7, 11) is 1.50. The lowest BCUT2D eigenvalue weighted by molar-refractivity contribution is -0.146. The number of benzene rings is 1. The molecule has 0 saturated carbocycles. The molecule has 0 aliphatic heterocycles. The highest BCUT2D eigenvalue weighted by molar-refractivity contribution is 7.80. The molecule has 0 aliphatic carbocycles. The molecular formula is C19H27N3O5S. The molecule has 0 spiro atoms. The minimum absolute atomic E-state index is 0.0506. The molecule has 1 rings (SSSR count). The Bertz CT molecular complexity index is 696. The standard InChI is InChI=1S/C19H27N3O5S/c1-4-13(2)20-18(25)14-6-5-7-15(12-14)21-19(28)22-16(23)8-9-17(24)27-11-10-26-3/h5-7,12-13H,4,8-11H2,1-3H3,(H,20,25)(H2,21,22,23,28). The van der Waals surface area contributed by atoms with E-state index in [2.05, 4.69) is 16.0 Å². The van der Waals surface area contributed by atoms with Gasteiger partial charge in [0.05, 0.1) is 13.0 Å². The number of nitrogens with one attached hydrogen (secondary N) is 3. The van der Waals surface area contributed by atoms with Gasteiger partial charge >= 0.3 is 5.97 Å². The van der Waals surface area contributed by atoms with Crippen LogP contribution in [0.25, 0.3) is 0 Å². The summed E-state index contributed by atoms with van der Waals surface area (Å²) >= 11 is 5.10. The molecule has 0 heterocycles. The first kappa shape index (κ1) is 23.5. The molecular weight excluding hydrogens is 382 g/mol. The molecule has 3 N–H and O–H groups in total. The zero-order chi connectivity index (χ0) is 20.9. The van der Waals surface area contributed by atoms with Crippen molar-refractivity contribution in [2.75, 3.05) is 25.6 Å². The van der Waals surface area contributed by atoms with Crippen LogP contribution in [0, 0.1) is 0 Å². The fourth-order valence-electron chi connectivity index (χ4n) is 2.03. The van der Waals surface area contributed by atoms with Gasteiger partial charge in [-0.3, -0.25) is 14.4 Å². The predicted molar refractivity (Wildman–Crippen MR) is 110 cm³/mol. The van der Waals surface area contributed by atoms with E-state index in [1.807, 2.05) is 13.8 Å². The highest BCUT2D eigenvalue weighted by Crippen LogP contribution is 2.11. The third-order valence-corrected chi connectivity index (χ3v) is 3.94. The van der Waals surface area contributed by atoms with E-state index in [0.717, 1.165) is 6.42 Å². The highest BCUT2D eigenvalue weighted by Gasteiger charge is 2.11. The van der Waals surface area contributed by atoms with Crippen LogP contribution in [-0.2, 0) is 19.1 Å². The van der Waals surface area contributed by atoms with Crippen LogP contribution in [0.15, 0.2) is 24.3 Å². The van der Waals surface area contributed by atoms with Gasteiger partial charge in [-0.2, -0.15) is 0 Å². The van der Waals surface area contributed by atoms with E-state index in [1.54, 1.807) is 24.3 Å². The lowest BCUT2D eigenvalue weighted by Crippen LogP contribution is -2.34. The summed E-state index contributed by atoms with van der Waals surface area (Å²) in [4.78, 5) is 35.5. The second-order valence-corrected chi connectivity index (χ2v) is 6.49. The Kier molecular flexibility index (Phi) is 10.7. The van der Waals surface area contributed by atoms with Crippen LogP contribution < -0.4 is 16.0 Å². The van der Waals surface area contributed by atoms with E-state index in [1.165, 1.54) is 7.11 Å². The van der Waals surface area contributed by atoms with Gasteiger partial charge < -0.3 is 25.4 Å². The molecule has 0 aromatic heterocycles. The van der Waals surface area contributed by atoms with Crippen molar-refractivity contribution in [3.63, 3.8) is 0 Å². The van der Waals surface area contributed by atoms with Crippen molar-refractivity contribution < 1.29 is 23.9 Å². The molecule has 9 heteroatoms. The van der Waals surface area contributed by atoms with Gasteiger partial charge in [-0.15, -0.1) is 0 Å². The Balaban J connectivity index is 2.46. The third kappa shape index (κ3) is 9.43. The zero-order valence-electron chi connectivity index (χ0n) is 16.4. The Morgan fingerprint density at radius 3 is 2.61 bits per heavy atom. The van der Waals surface area contributed by atoms with Gasteiger partial charge in [-0.25, -0.2) is 0 Å². The number of carbonyl (C=O) groups excluding carboxylic acids is 3. The lowest BCUT2D eigenvalue weighted by atomic mass is 10.1. The van der Waals surface area contributed by atoms with Crippen molar-refractivity contribution in [1.29, 1.82) is 0 Å². The first-order valence-electron chi connectivity index (χ1n) is 9.02. The summed E-state index contributed by atoms with van der Waals surface area (Å²) in [5.74, 6) is -1.07. The first-order valence-corrected chi connectivity index (χ1v) is 9.42. The van der Waals surface area contributed by atoms with Crippen LogP contribution in [0.4, 0.5) is 5.69 Å². The number of thiocarbonyl (C=S) groups is 1. The summed E-state index contributed by atoms with van der Waals surface area (Å²) in [6.07, 6.45) is 0.730. The van der Waals surface area contributed by atoms with Gasteiger partial charge in [0, 0.05) is 30.8 Å². The van der Waals surface area contributed by atoms with Crippen LogP contribution in [-0.4, -0.2) is 49.3 Å². The van der Waals surface area contributed by atoms with Crippen LogP contribution in [0.5, 0.6) is 0 Å². The van der Waals surface area contributed by atoms with E-state index >= 15 is 0 Å². The van der Waals surface area contributed by atoms with Gasteiger partial charge in [0.2, 0.25) is 5.91 Å². The quantitative estimate of drug-likeness (QED) is 0.308. The van der Waals surface area contributed by atoms with E-state index in [-0.39, 0.29) is 36.5 Å². The second kappa shape index (κ2) is 12.8. The number of hydrogen-bond acceptors (Lipinski definition) is 6. The number of esters is 1. The maximum Gasteiger partial charge on any atom is 0.306 e. The van der Waals surface area contributed by atoms with Gasteiger partial charge in [0.15, 0.2) is 5.11 Å². The summed E-state index contributed by atoms with van der Waals surface area (Å²) in [5, 5.41) is 8.31. The maximum atomic E-state index is 12.2. The van der Waals surface area contributed by atoms with Crippen molar-refractivity contribution in [1.82, 2.24) is 10.6 Å². The minimum atomic E-state index is -0.480. The zero-order valence-corrected chi connectivity index (χ0v) is 17.2. The maximum absolute atomic E-state index is 12.2. The van der Waals surface area contributed by atoms with Crippen molar-refractivity contribution in [2.45, 2.75) is 39.2 Å². The average molecular weight is 410 g/mol. The third-order valence-electron chi connectivity index (χ3n) is 3.73. The Morgan fingerprint density at radius 2 is 1.93 bits per heavy atom. The molecule has 0 aliphatic rings. The molecule has 1 unspecified atom stereocenters. The smallest absolute Gasteiger partial charge is 0.306 e. The lowest BCUT2D eigenvalue weighted by Gasteiger charge is -2.13. The molecule has 1 aromatic rings. The molecule has 0 radical (unpaired) electrons. The molecule has 1 atom stereocenters. The van der Waals surface area contributed by atoms with Crippen LogP contribution >= 0.6 is 12.2 Å². The average Bonchev–Trinajstić information content (AvgIpc) is 2.66. The normalized spacial score (nSPS) is 11.2. The van der Waals surface area contributed by atoms with Crippen LogP contribution in [0.2, 0.25) is 0 Å². The van der Waals surface area contributed by atoms with E-state index < -0.39 is 11.9 Å². The van der Waals surface area contributed by atoms with E-state index in [0.29, 0.717) is 17.9 Å². The number of methoxy groups -OCH3 is 1. The Labute approximate surface area is 170 Å².